The van der Waals surface area contributed by atoms with Crippen molar-refractivity contribution in [3.05, 3.63) is 45.8 Å². The van der Waals surface area contributed by atoms with E-state index in [0.717, 1.165) is 22.7 Å². The zero-order valence-corrected chi connectivity index (χ0v) is 10.3. The van der Waals surface area contributed by atoms with Crippen LogP contribution in [0.1, 0.15) is 23.6 Å². The first-order chi connectivity index (χ1) is 7.75. The first-order valence-electron chi connectivity index (χ1n) is 5.37. The van der Waals surface area contributed by atoms with Crippen LogP contribution >= 0.6 is 22.9 Å². The average molecular weight is 250 g/mol. The molecule has 2 aromatic rings. The summed E-state index contributed by atoms with van der Waals surface area (Å²) in [6, 6.07) is 8.68. The number of benzene rings is 1. The van der Waals surface area contributed by atoms with E-state index in [9.17, 15) is 0 Å². The summed E-state index contributed by atoms with van der Waals surface area (Å²) in [5, 5.41) is 2.86. The van der Waals surface area contributed by atoms with Gasteiger partial charge in [0.25, 0.3) is 0 Å². The maximum absolute atomic E-state index is 6.14. The molecule has 3 rings (SSSR count). The van der Waals surface area contributed by atoms with E-state index in [4.69, 9.17) is 17.3 Å². The van der Waals surface area contributed by atoms with Crippen molar-refractivity contribution in [1.29, 1.82) is 0 Å². The highest BCUT2D eigenvalue weighted by molar-refractivity contribution is 7.14. The van der Waals surface area contributed by atoms with Crippen molar-refractivity contribution in [1.82, 2.24) is 0 Å². The van der Waals surface area contributed by atoms with E-state index >= 15 is 0 Å². The summed E-state index contributed by atoms with van der Waals surface area (Å²) in [4.78, 5) is 1.16. The molecule has 82 valence electrons. The lowest BCUT2D eigenvalue weighted by Crippen LogP contribution is -2.04. The number of aryl methyl sites for hydroxylation is 1. The Labute approximate surface area is 104 Å². The van der Waals surface area contributed by atoms with E-state index in [1.165, 1.54) is 16.7 Å². The fourth-order valence-electron chi connectivity index (χ4n) is 2.29. The Morgan fingerprint density at radius 3 is 2.94 bits per heavy atom. The van der Waals surface area contributed by atoms with Gasteiger partial charge in [0.15, 0.2) is 0 Å². The van der Waals surface area contributed by atoms with Crippen molar-refractivity contribution in [2.24, 2.45) is 5.73 Å². The Balaban J connectivity index is 2.09. The number of fused-ring (bicyclic) bond motifs is 1. The minimum absolute atomic E-state index is 0.225. The third kappa shape index (κ3) is 1.58. The molecule has 0 spiro atoms. The van der Waals surface area contributed by atoms with E-state index in [0.29, 0.717) is 0 Å². The van der Waals surface area contributed by atoms with Crippen LogP contribution in [0.3, 0.4) is 0 Å². The van der Waals surface area contributed by atoms with Crippen molar-refractivity contribution in [2.45, 2.75) is 18.9 Å². The number of rotatable bonds is 1. The molecule has 0 amide bonds. The van der Waals surface area contributed by atoms with Gasteiger partial charge in [-0.3, -0.25) is 0 Å². The van der Waals surface area contributed by atoms with Crippen LogP contribution in [-0.2, 0) is 6.42 Å². The van der Waals surface area contributed by atoms with Crippen LogP contribution in [0.15, 0.2) is 29.6 Å². The quantitative estimate of drug-likeness (QED) is 0.812. The van der Waals surface area contributed by atoms with Crippen molar-refractivity contribution in [2.75, 3.05) is 0 Å². The van der Waals surface area contributed by atoms with Crippen LogP contribution in [0.2, 0.25) is 5.02 Å². The zero-order valence-electron chi connectivity index (χ0n) is 8.74. The van der Waals surface area contributed by atoms with Crippen molar-refractivity contribution in [3.8, 4) is 10.4 Å². The van der Waals surface area contributed by atoms with Crippen LogP contribution < -0.4 is 5.73 Å². The topological polar surface area (TPSA) is 26.0 Å². The van der Waals surface area contributed by atoms with Crippen LogP contribution in [0.5, 0.6) is 0 Å². The Morgan fingerprint density at radius 2 is 2.19 bits per heavy atom. The summed E-state index contributed by atoms with van der Waals surface area (Å²) in [5.74, 6) is 0. The Bertz CT molecular complexity index is 532. The van der Waals surface area contributed by atoms with Gasteiger partial charge in [0.1, 0.15) is 0 Å². The molecular formula is C13H12ClNS. The molecule has 1 unspecified atom stereocenters. The van der Waals surface area contributed by atoms with Crippen LogP contribution in [0, 0.1) is 0 Å². The summed E-state index contributed by atoms with van der Waals surface area (Å²) >= 11 is 7.83. The monoisotopic (exact) mass is 249 g/mol. The normalized spacial score (nSPS) is 18.8. The van der Waals surface area contributed by atoms with Crippen molar-refractivity contribution in [3.63, 3.8) is 0 Å². The molecule has 16 heavy (non-hydrogen) atoms. The van der Waals surface area contributed by atoms with E-state index < -0.39 is 0 Å². The molecule has 2 N–H and O–H groups in total. The molecule has 0 radical (unpaired) electrons. The second kappa shape index (κ2) is 3.88. The molecule has 1 aromatic heterocycles. The van der Waals surface area contributed by atoms with E-state index in [1.807, 2.05) is 11.4 Å². The molecule has 1 aliphatic rings. The molecule has 3 heteroatoms. The molecule has 0 fully saturated rings. The molecule has 1 aliphatic carbocycles. The van der Waals surface area contributed by atoms with Crippen molar-refractivity contribution < 1.29 is 0 Å². The van der Waals surface area contributed by atoms with Gasteiger partial charge in [-0.1, -0.05) is 23.7 Å². The van der Waals surface area contributed by atoms with Gasteiger partial charge >= 0.3 is 0 Å². The molecule has 1 aromatic carbocycles. The minimum Gasteiger partial charge on any atom is -0.324 e. The fourth-order valence-corrected chi connectivity index (χ4v) is 3.46. The average Bonchev–Trinajstić information content (AvgIpc) is 2.86. The van der Waals surface area contributed by atoms with Gasteiger partial charge in [-0.05, 0) is 47.0 Å². The maximum Gasteiger partial charge on any atom is 0.0592 e. The molecular weight excluding hydrogens is 238 g/mol. The Hall–Kier alpha value is -0.830. The Kier molecular flexibility index (Phi) is 2.51. The largest absolute Gasteiger partial charge is 0.324 e. The lowest BCUT2D eigenvalue weighted by atomic mass is 10.0. The van der Waals surface area contributed by atoms with Gasteiger partial charge in [0.2, 0.25) is 0 Å². The predicted octanol–water partition coefficient (Wildman–Crippen LogP) is 4.01. The third-order valence-electron chi connectivity index (χ3n) is 3.15. The lowest BCUT2D eigenvalue weighted by Gasteiger charge is -2.06. The van der Waals surface area contributed by atoms with E-state index in [-0.39, 0.29) is 6.04 Å². The number of hydrogen-bond acceptors (Lipinski definition) is 2. The van der Waals surface area contributed by atoms with Crippen LogP contribution in [0.4, 0.5) is 0 Å². The summed E-state index contributed by atoms with van der Waals surface area (Å²) in [5.41, 5.74) is 9.92. The van der Waals surface area contributed by atoms with Gasteiger partial charge in [-0.15, -0.1) is 11.3 Å². The maximum atomic E-state index is 6.14. The van der Waals surface area contributed by atoms with Gasteiger partial charge in [-0.2, -0.15) is 0 Å². The molecule has 1 nitrogen and oxygen atoms in total. The lowest BCUT2D eigenvalue weighted by molar-refractivity contribution is 0.713. The van der Waals surface area contributed by atoms with Gasteiger partial charge in [0.05, 0.1) is 9.90 Å². The first kappa shape index (κ1) is 10.3. The van der Waals surface area contributed by atoms with E-state index in [2.05, 4.69) is 18.2 Å². The van der Waals surface area contributed by atoms with E-state index in [1.54, 1.807) is 11.3 Å². The van der Waals surface area contributed by atoms with Gasteiger partial charge < -0.3 is 5.73 Å². The molecule has 0 saturated carbocycles. The molecule has 1 heterocycles. The molecule has 1 atom stereocenters. The Morgan fingerprint density at radius 1 is 1.31 bits per heavy atom. The zero-order chi connectivity index (χ0) is 11.1. The third-order valence-corrected chi connectivity index (χ3v) is 4.54. The highest BCUT2D eigenvalue weighted by Crippen LogP contribution is 2.37. The van der Waals surface area contributed by atoms with Crippen LogP contribution in [-0.4, -0.2) is 0 Å². The molecule has 0 saturated heterocycles. The van der Waals surface area contributed by atoms with Gasteiger partial charge in [-0.25, -0.2) is 0 Å². The second-order valence-electron chi connectivity index (χ2n) is 4.16. The highest BCUT2D eigenvalue weighted by Gasteiger charge is 2.19. The minimum atomic E-state index is 0.225. The van der Waals surface area contributed by atoms with Gasteiger partial charge in [0, 0.05) is 6.04 Å². The number of halogens is 1. The number of nitrogens with two attached hydrogens (primary N) is 1. The predicted molar refractivity (Wildman–Crippen MR) is 70.0 cm³/mol. The van der Waals surface area contributed by atoms with Crippen molar-refractivity contribution >= 4 is 22.9 Å². The molecule has 0 bridgehead atoms. The summed E-state index contributed by atoms with van der Waals surface area (Å²) in [6.07, 6.45) is 2.16. The summed E-state index contributed by atoms with van der Waals surface area (Å²) in [6.45, 7) is 0. The first-order valence-corrected chi connectivity index (χ1v) is 6.63. The number of hydrogen-bond donors (Lipinski definition) is 1. The standard InChI is InChI=1S/C13H12ClNS/c14-11-5-6-16-13(11)9-1-3-10-8(7-9)2-4-12(10)15/h1,3,5-7,12H,2,4,15H2. The summed E-state index contributed by atoms with van der Waals surface area (Å²) < 4.78 is 0. The summed E-state index contributed by atoms with van der Waals surface area (Å²) in [7, 11) is 0. The number of thiophene rings is 1. The molecule has 0 aliphatic heterocycles. The fraction of sp³-hybridized carbons (Fsp3) is 0.231. The van der Waals surface area contributed by atoms with Crippen LogP contribution in [0.25, 0.3) is 10.4 Å². The SMILES string of the molecule is NC1CCc2cc(-c3sccc3Cl)ccc21. The smallest absolute Gasteiger partial charge is 0.0592 e. The second-order valence-corrected chi connectivity index (χ2v) is 5.48. The highest BCUT2D eigenvalue weighted by atomic mass is 35.5.